The summed E-state index contributed by atoms with van der Waals surface area (Å²) >= 11 is 0. The molecule has 0 saturated carbocycles. The third-order valence-corrected chi connectivity index (χ3v) is 4.68. The third-order valence-electron chi connectivity index (χ3n) is 4.68. The minimum absolute atomic E-state index is 0.189. The van der Waals surface area contributed by atoms with E-state index in [0.29, 0.717) is 34.0 Å². The Morgan fingerprint density at radius 2 is 1.87 bits per heavy atom. The molecule has 0 aliphatic rings. The van der Waals surface area contributed by atoms with Crippen LogP contribution in [-0.4, -0.2) is 49.5 Å². The second-order valence-electron chi connectivity index (χ2n) is 7.14. The molecule has 0 fully saturated rings. The van der Waals surface area contributed by atoms with Crippen LogP contribution in [0.1, 0.15) is 0 Å². The number of carbonyl (C=O) groups is 1. The van der Waals surface area contributed by atoms with E-state index in [0.717, 1.165) is 5.69 Å². The highest BCUT2D eigenvalue weighted by atomic mass is 16.3. The Morgan fingerprint density at radius 1 is 1.06 bits per heavy atom. The molecule has 0 aliphatic carbocycles. The molecule has 0 aliphatic heterocycles. The number of hydrogen-bond donors (Lipinski definition) is 2. The SMILES string of the molecule is CN(C)c1ccc(NC(=O)Nc2nc3nn(C)cc3c3nc(-c4ccco4)nn23)cc1. The second-order valence-corrected chi connectivity index (χ2v) is 7.14. The van der Waals surface area contributed by atoms with Crippen molar-refractivity contribution in [3.8, 4) is 11.6 Å². The van der Waals surface area contributed by atoms with Crippen molar-refractivity contribution < 1.29 is 9.21 Å². The van der Waals surface area contributed by atoms with Gasteiger partial charge >= 0.3 is 6.03 Å². The van der Waals surface area contributed by atoms with Crippen molar-refractivity contribution in [2.24, 2.45) is 7.05 Å². The van der Waals surface area contributed by atoms with Gasteiger partial charge in [-0.25, -0.2) is 9.78 Å². The van der Waals surface area contributed by atoms with Crippen LogP contribution in [0.4, 0.5) is 22.1 Å². The Kier molecular flexibility index (Phi) is 4.28. The zero-order valence-electron chi connectivity index (χ0n) is 17.1. The van der Waals surface area contributed by atoms with E-state index in [1.165, 1.54) is 4.52 Å². The molecule has 5 rings (SSSR count). The zero-order chi connectivity index (χ0) is 21.5. The number of aryl methyl sites for hydroxylation is 1. The minimum atomic E-state index is -0.461. The Hall–Kier alpha value is -4.41. The molecule has 0 radical (unpaired) electrons. The summed E-state index contributed by atoms with van der Waals surface area (Å²) < 4.78 is 8.51. The van der Waals surface area contributed by atoms with Crippen LogP contribution in [0.5, 0.6) is 0 Å². The van der Waals surface area contributed by atoms with Crippen LogP contribution < -0.4 is 15.5 Å². The van der Waals surface area contributed by atoms with E-state index >= 15 is 0 Å². The Labute approximate surface area is 176 Å². The van der Waals surface area contributed by atoms with E-state index in [4.69, 9.17) is 4.42 Å². The highest BCUT2D eigenvalue weighted by molar-refractivity contribution is 6.00. The fraction of sp³-hybridized carbons (Fsp3) is 0.150. The van der Waals surface area contributed by atoms with Gasteiger partial charge in [0.05, 0.1) is 11.6 Å². The van der Waals surface area contributed by atoms with Gasteiger partial charge in [0.2, 0.25) is 11.8 Å². The van der Waals surface area contributed by atoms with Crippen molar-refractivity contribution in [1.29, 1.82) is 0 Å². The summed E-state index contributed by atoms with van der Waals surface area (Å²) in [5.41, 5.74) is 2.63. The predicted octanol–water partition coefficient (Wildman–Crippen LogP) is 2.98. The maximum Gasteiger partial charge on any atom is 0.326 e. The molecule has 4 aromatic heterocycles. The number of nitrogens with one attached hydrogen (secondary N) is 2. The molecule has 0 atom stereocenters. The fourth-order valence-electron chi connectivity index (χ4n) is 3.20. The topological polar surface area (TPSA) is 118 Å². The number of benzene rings is 1. The maximum absolute atomic E-state index is 12.6. The lowest BCUT2D eigenvalue weighted by Crippen LogP contribution is -2.22. The number of urea groups is 1. The van der Waals surface area contributed by atoms with Gasteiger partial charge in [0.15, 0.2) is 17.1 Å². The van der Waals surface area contributed by atoms with Crippen LogP contribution in [0.15, 0.2) is 53.3 Å². The highest BCUT2D eigenvalue weighted by Gasteiger charge is 2.19. The highest BCUT2D eigenvalue weighted by Crippen LogP contribution is 2.24. The number of rotatable bonds is 4. The first-order chi connectivity index (χ1) is 15.0. The van der Waals surface area contributed by atoms with Crippen LogP contribution in [-0.2, 0) is 7.05 Å². The molecule has 156 valence electrons. The summed E-state index contributed by atoms with van der Waals surface area (Å²) in [5, 5.41) is 15.0. The number of fused-ring (bicyclic) bond motifs is 3. The van der Waals surface area contributed by atoms with Crippen molar-refractivity contribution in [1.82, 2.24) is 29.4 Å². The molecule has 11 heteroatoms. The van der Waals surface area contributed by atoms with Crippen molar-refractivity contribution in [3.05, 3.63) is 48.9 Å². The summed E-state index contributed by atoms with van der Waals surface area (Å²) in [7, 11) is 5.70. The van der Waals surface area contributed by atoms with Crippen LogP contribution in [0, 0.1) is 0 Å². The van der Waals surface area contributed by atoms with E-state index in [1.54, 1.807) is 36.3 Å². The van der Waals surface area contributed by atoms with Gasteiger partial charge in [0.25, 0.3) is 0 Å². The van der Waals surface area contributed by atoms with Crippen molar-refractivity contribution in [3.63, 3.8) is 0 Å². The second kappa shape index (κ2) is 7.13. The van der Waals surface area contributed by atoms with E-state index in [2.05, 4.69) is 30.8 Å². The van der Waals surface area contributed by atoms with Crippen LogP contribution >= 0.6 is 0 Å². The largest absolute Gasteiger partial charge is 0.461 e. The smallest absolute Gasteiger partial charge is 0.326 e. The average Bonchev–Trinajstić information content (AvgIpc) is 3.47. The van der Waals surface area contributed by atoms with Crippen LogP contribution in [0.3, 0.4) is 0 Å². The number of amides is 2. The van der Waals surface area contributed by atoms with Gasteiger partial charge in [-0.05, 0) is 36.4 Å². The van der Waals surface area contributed by atoms with Crippen LogP contribution in [0.2, 0.25) is 0 Å². The molecule has 0 bridgehead atoms. The molecule has 1 aromatic carbocycles. The van der Waals surface area contributed by atoms with E-state index in [-0.39, 0.29) is 5.95 Å². The molecule has 2 amide bonds. The molecular weight excluding hydrogens is 398 g/mol. The molecule has 4 heterocycles. The van der Waals surface area contributed by atoms with Gasteiger partial charge in [-0.3, -0.25) is 10.00 Å². The molecular formula is C20H19N9O2. The lowest BCUT2D eigenvalue weighted by Gasteiger charge is -2.13. The Morgan fingerprint density at radius 3 is 2.58 bits per heavy atom. The first kappa shape index (κ1) is 18.6. The zero-order valence-corrected chi connectivity index (χ0v) is 17.1. The van der Waals surface area contributed by atoms with Crippen LogP contribution in [0.25, 0.3) is 28.3 Å². The molecule has 2 N–H and O–H groups in total. The van der Waals surface area contributed by atoms with Gasteiger partial charge in [-0.1, -0.05) is 0 Å². The lowest BCUT2D eigenvalue weighted by atomic mass is 10.2. The summed E-state index contributed by atoms with van der Waals surface area (Å²) in [5.74, 6) is 1.08. The molecule has 31 heavy (non-hydrogen) atoms. The normalized spacial score (nSPS) is 11.2. The number of furan rings is 1. The van der Waals surface area contributed by atoms with Crippen molar-refractivity contribution in [2.45, 2.75) is 0 Å². The third kappa shape index (κ3) is 3.41. The number of nitrogens with zero attached hydrogens (tertiary/aromatic N) is 7. The molecule has 0 spiro atoms. The van der Waals surface area contributed by atoms with Gasteiger partial charge in [-0.2, -0.15) is 14.6 Å². The van der Waals surface area contributed by atoms with E-state index < -0.39 is 6.03 Å². The average molecular weight is 417 g/mol. The quantitative estimate of drug-likeness (QED) is 0.461. The van der Waals surface area contributed by atoms with E-state index in [1.807, 2.05) is 43.3 Å². The van der Waals surface area contributed by atoms with Gasteiger partial charge in [-0.15, -0.1) is 5.10 Å². The predicted molar refractivity (Wildman–Crippen MR) is 116 cm³/mol. The minimum Gasteiger partial charge on any atom is -0.461 e. The lowest BCUT2D eigenvalue weighted by molar-refractivity contribution is 0.262. The summed E-state index contributed by atoms with van der Waals surface area (Å²) in [4.78, 5) is 23.6. The number of anilines is 3. The molecule has 0 saturated heterocycles. The number of hydrogen-bond acceptors (Lipinski definition) is 7. The standard InChI is InChI=1S/C20H19N9O2/c1-27(2)13-8-6-12(7-9-13)21-20(30)24-19-23-16-14(11-28(3)25-16)18-22-17(26-29(18)19)15-5-4-10-31-15/h4-11H,1-3H3,(H2,21,23,24,25,30). The van der Waals surface area contributed by atoms with Gasteiger partial charge < -0.3 is 14.6 Å². The molecule has 0 unspecified atom stereocenters. The fourth-order valence-corrected chi connectivity index (χ4v) is 3.20. The Balaban J connectivity index is 1.49. The number of aromatic nitrogens is 6. The summed E-state index contributed by atoms with van der Waals surface area (Å²) in [6, 6.07) is 10.5. The van der Waals surface area contributed by atoms with Gasteiger partial charge in [0.1, 0.15) is 0 Å². The monoisotopic (exact) mass is 417 g/mol. The summed E-state index contributed by atoms with van der Waals surface area (Å²) in [6.07, 6.45) is 3.35. The Bertz CT molecular complexity index is 1380. The van der Waals surface area contributed by atoms with Crippen molar-refractivity contribution in [2.75, 3.05) is 29.6 Å². The van der Waals surface area contributed by atoms with Gasteiger partial charge in [0, 0.05) is 38.7 Å². The first-order valence-corrected chi connectivity index (χ1v) is 9.47. The maximum atomic E-state index is 12.6. The molecule has 11 nitrogen and oxygen atoms in total. The molecule has 5 aromatic rings. The van der Waals surface area contributed by atoms with E-state index in [9.17, 15) is 4.79 Å². The van der Waals surface area contributed by atoms with Crippen molar-refractivity contribution >= 4 is 40.0 Å². The number of carbonyl (C=O) groups excluding carboxylic acids is 1. The summed E-state index contributed by atoms with van der Waals surface area (Å²) in [6.45, 7) is 0. The first-order valence-electron chi connectivity index (χ1n) is 9.47.